The number of benzene rings is 1. The minimum atomic E-state index is -0.241. The van der Waals surface area contributed by atoms with Gasteiger partial charge >= 0.3 is 0 Å². The zero-order valence-electron chi connectivity index (χ0n) is 13.8. The predicted octanol–water partition coefficient (Wildman–Crippen LogP) is 3.38. The van der Waals surface area contributed by atoms with E-state index >= 15 is 0 Å². The molecule has 5 heteroatoms. The van der Waals surface area contributed by atoms with E-state index in [2.05, 4.69) is 23.0 Å². The van der Waals surface area contributed by atoms with E-state index in [4.69, 9.17) is 5.26 Å². The van der Waals surface area contributed by atoms with Crippen molar-refractivity contribution in [2.75, 3.05) is 6.54 Å². The lowest BCUT2D eigenvalue weighted by atomic mass is 10.0. The highest BCUT2D eigenvalue weighted by molar-refractivity contribution is 5.34. The van der Waals surface area contributed by atoms with E-state index in [0.29, 0.717) is 17.7 Å². The number of hydrogen-bond acceptors (Lipinski definition) is 3. The molecular formula is C18H21FN4. The topological polar surface area (TPSA) is 44.9 Å². The van der Waals surface area contributed by atoms with Gasteiger partial charge in [-0.2, -0.15) is 10.4 Å². The molecule has 4 nitrogen and oxygen atoms in total. The second kappa shape index (κ2) is 6.13. The average molecular weight is 312 g/mol. The van der Waals surface area contributed by atoms with Gasteiger partial charge in [0.1, 0.15) is 5.82 Å². The number of hydrogen-bond donors (Lipinski definition) is 0. The molecule has 1 fully saturated rings. The van der Waals surface area contributed by atoms with Gasteiger partial charge in [0.25, 0.3) is 0 Å². The van der Waals surface area contributed by atoms with Gasteiger partial charge in [-0.25, -0.2) is 4.39 Å². The van der Waals surface area contributed by atoms with Crippen LogP contribution in [0.15, 0.2) is 18.2 Å². The van der Waals surface area contributed by atoms with Gasteiger partial charge in [-0.15, -0.1) is 0 Å². The Morgan fingerprint density at radius 3 is 2.83 bits per heavy atom. The van der Waals surface area contributed by atoms with Crippen LogP contribution in [0.4, 0.5) is 4.39 Å². The Balaban J connectivity index is 1.90. The van der Waals surface area contributed by atoms with Gasteiger partial charge in [0.05, 0.1) is 17.3 Å². The highest BCUT2D eigenvalue weighted by Crippen LogP contribution is 2.36. The van der Waals surface area contributed by atoms with E-state index in [1.54, 1.807) is 6.07 Å². The van der Waals surface area contributed by atoms with E-state index in [0.717, 1.165) is 25.1 Å². The summed E-state index contributed by atoms with van der Waals surface area (Å²) in [5.41, 5.74) is 4.58. The molecule has 1 aromatic heterocycles. The zero-order chi connectivity index (χ0) is 16.6. The first-order chi connectivity index (χ1) is 11.0. The van der Waals surface area contributed by atoms with Crippen molar-refractivity contribution in [1.29, 1.82) is 5.26 Å². The molecule has 23 heavy (non-hydrogen) atoms. The van der Waals surface area contributed by atoms with Crippen molar-refractivity contribution >= 4 is 0 Å². The summed E-state index contributed by atoms with van der Waals surface area (Å²) in [5.74, 6) is -0.241. The van der Waals surface area contributed by atoms with Crippen LogP contribution >= 0.6 is 0 Å². The van der Waals surface area contributed by atoms with Crippen molar-refractivity contribution in [2.24, 2.45) is 7.05 Å². The lowest BCUT2D eigenvalue weighted by molar-refractivity contribution is 0.243. The largest absolute Gasteiger partial charge is 0.292 e. The number of aromatic nitrogens is 2. The normalized spacial score (nSPS) is 18.3. The van der Waals surface area contributed by atoms with Crippen LogP contribution in [0.2, 0.25) is 0 Å². The summed E-state index contributed by atoms with van der Waals surface area (Å²) in [6.45, 7) is 5.59. The zero-order valence-corrected chi connectivity index (χ0v) is 13.8. The molecule has 0 aliphatic carbocycles. The molecule has 3 rings (SSSR count). The second-order valence-corrected chi connectivity index (χ2v) is 6.25. The third-order valence-corrected chi connectivity index (χ3v) is 4.81. The molecule has 0 spiro atoms. The maximum absolute atomic E-state index is 14.1. The first-order valence-electron chi connectivity index (χ1n) is 7.94. The minimum Gasteiger partial charge on any atom is -0.292 e. The van der Waals surface area contributed by atoms with Gasteiger partial charge < -0.3 is 0 Å². The molecule has 1 saturated heterocycles. The molecule has 1 aliphatic heterocycles. The Morgan fingerprint density at radius 2 is 2.17 bits per heavy atom. The quantitative estimate of drug-likeness (QED) is 0.872. The molecule has 1 aromatic carbocycles. The van der Waals surface area contributed by atoms with E-state index in [1.807, 2.05) is 18.7 Å². The number of likely N-dealkylation sites (tertiary alicyclic amines) is 1. The standard InChI is InChI=1S/C18H21FN4/c1-12-18(13(2)22(3)21-12)17-5-4-8-23(17)11-15-9-14(10-20)6-7-16(15)19/h6-7,9,17H,4-5,8,11H2,1-3H3/t17-/m1/s1. The SMILES string of the molecule is Cc1nn(C)c(C)c1[C@H]1CCCN1Cc1cc(C#N)ccc1F. The molecular weight excluding hydrogens is 291 g/mol. The Hall–Kier alpha value is -2.19. The van der Waals surface area contributed by atoms with Crippen LogP contribution in [0.25, 0.3) is 0 Å². The molecule has 1 atom stereocenters. The van der Waals surface area contributed by atoms with Crippen LogP contribution in [0.1, 0.15) is 47.0 Å². The van der Waals surface area contributed by atoms with Crippen molar-refractivity contribution in [3.63, 3.8) is 0 Å². The highest BCUT2D eigenvalue weighted by atomic mass is 19.1. The Bertz CT molecular complexity index is 772. The molecule has 1 aliphatic rings. The summed E-state index contributed by atoms with van der Waals surface area (Å²) in [7, 11) is 1.96. The highest BCUT2D eigenvalue weighted by Gasteiger charge is 2.30. The van der Waals surface area contributed by atoms with Gasteiger partial charge in [0, 0.05) is 36.5 Å². The van der Waals surface area contributed by atoms with Crippen LogP contribution in [0.3, 0.4) is 0 Å². The molecule has 2 aromatic rings. The fraction of sp³-hybridized carbons (Fsp3) is 0.444. The first-order valence-corrected chi connectivity index (χ1v) is 7.94. The third-order valence-electron chi connectivity index (χ3n) is 4.81. The predicted molar refractivity (Wildman–Crippen MR) is 86.2 cm³/mol. The minimum absolute atomic E-state index is 0.241. The summed E-state index contributed by atoms with van der Waals surface area (Å²) in [5, 5.41) is 13.5. The Kier molecular flexibility index (Phi) is 4.18. The summed E-state index contributed by atoms with van der Waals surface area (Å²) in [4.78, 5) is 2.30. The van der Waals surface area contributed by atoms with Gasteiger partial charge in [-0.3, -0.25) is 9.58 Å². The van der Waals surface area contributed by atoms with Gasteiger partial charge in [0.15, 0.2) is 0 Å². The fourth-order valence-electron chi connectivity index (χ4n) is 3.60. The monoisotopic (exact) mass is 312 g/mol. The first kappa shape index (κ1) is 15.7. The summed E-state index contributed by atoms with van der Waals surface area (Å²) < 4.78 is 16.0. The Labute approximate surface area is 136 Å². The maximum Gasteiger partial charge on any atom is 0.127 e. The summed E-state index contributed by atoms with van der Waals surface area (Å²) in [6, 6.07) is 6.93. The Morgan fingerprint density at radius 1 is 1.39 bits per heavy atom. The van der Waals surface area contributed by atoms with Crippen molar-refractivity contribution in [2.45, 2.75) is 39.3 Å². The van der Waals surface area contributed by atoms with Crippen LogP contribution in [0.5, 0.6) is 0 Å². The summed E-state index contributed by atoms with van der Waals surface area (Å²) in [6.07, 6.45) is 2.16. The van der Waals surface area contributed by atoms with Gasteiger partial charge in [-0.05, 0) is 51.4 Å². The fourth-order valence-corrected chi connectivity index (χ4v) is 3.60. The van der Waals surface area contributed by atoms with E-state index in [9.17, 15) is 4.39 Å². The molecule has 0 unspecified atom stereocenters. The smallest absolute Gasteiger partial charge is 0.127 e. The number of nitrogens with zero attached hydrogens (tertiary/aromatic N) is 4. The van der Waals surface area contributed by atoms with Gasteiger partial charge in [0.2, 0.25) is 0 Å². The molecule has 120 valence electrons. The van der Waals surface area contributed by atoms with Crippen molar-refractivity contribution in [1.82, 2.24) is 14.7 Å². The lowest BCUT2D eigenvalue weighted by Crippen LogP contribution is -2.24. The van der Waals surface area contributed by atoms with Crippen LogP contribution in [-0.2, 0) is 13.6 Å². The van der Waals surface area contributed by atoms with E-state index < -0.39 is 0 Å². The number of aryl methyl sites for hydroxylation is 2. The molecule has 0 N–H and O–H groups in total. The van der Waals surface area contributed by atoms with Crippen LogP contribution < -0.4 is 0 Å². The molecule has 0 saturated carbocycles. The second-order valence-electron chi connectivity index (χ2n) is 6.25. The van der Waals surface area contributed by atoms with Crippen LogP contribution in [-0.4, -0.2) is 21.2 Å². The number of halogens is 1. The third kappa shape index (κ3) is 2.87. The van der Waals surface area contributed by atoms with E-state index in [-0.39, 0.29) is 11.9 Å². The van der Waals surface area contributed by atoms with Crippen molar-refractivity contribution < 1.29 is 4.39 Å². The number of rotatable bonds is 3. The van der Waals surface area contributed by atoms with E-state index in [1.165, 1.54) is 23.4 Å². The van der Waals surface area contributed by atoms with Crippen LogP contribution in [0, 0.1) is 31.0 Å². The maximum atomic E-state index is 14.1. The molecule has 0 amide bonds. The molecule has 0 radical (unpaired) electrons. The molecule has 2 heterocycles. The summed E-state index contributed by atoms with van der Waals surface area (Å²) >= 11 is 0. The lowest BCUT2D eigenvalue weighted by Gasteiger charge is -2.25. The molecule has 0 bridgehead atoms. The van der Waals surface area contributed by atoms with Crippen molar-refractivity contribution in [3.05, 3.63) is 52.1 Å². The van der Waals surface area contributed by atoms with Gasteiger partial charge in [-0.1, -0.05) is 0 Å². The average Bonchev–Trinajstić information content (AvgIpc) is 3.06. The number of nitriles is 1. The van der Waals surface area contributed by atoms with Crippen molar-refractivity contribution in [3.8, 4) is 6.07 Å².